The highest BCUT2D eigenvalue weighted by molar-refractivity contribution is 9.10. The van der Waals surface area contributed by atoms with Crippen LogP contribution in [0, 0.1) is 0 Å². The maximum Gasteiger partial charge on any atom is 0.263 e. The quantitative estimate of drug-likeness (QED) is 0.369. The molecule has 186 valence electrons. The number of nitrogens with zero attached hydrogens (tertiary/aromatic N) is 3. The van der Waals surface area contributed by atoms with Crippen molar-refractivity contribution in [2.75, 3.05) is 31.6 Å². The van der Waals surface area contributed by atoms with E-state index in [1.165, 1.54) is 50.8 Å². The van der Waals surface area contributed by atoms with E-state index in [2.05, 4.69) is 26.2 Å². The van der Waals surface area contributed by atoms with Gasteiger partial charge in [-0.1, -0.05) is 28.1 Å². The highest BCUT2D eigenvalue weighted by Gasteiger charge is 2.26. The summed E-state index contributed by atoms with van der Waals surface area (Å²) in [7, 11) is -3.62. The van der Waals surface area contributed by atoms with Gasteiger partial charge in [-0.15, -0.1) is 11.3 Å². The Hall–Kier alpha value is -2.90. The van der Waals surface area contributed by atoms with Gasteiger partial charge in [0.15, 0.2) is 0 Å². The molecule has 4 aromatic rings. The first-order valence-corrected chi connectivity index (χ1v) is 14.1. The fourth-order valence-electron chi connectivity index (χ4n) is 3.92. The van der Waals surface area contributed by atoms with Crippen LogP contribution in [0.3, 0.4) is 0 Å². The number of nitrogens with one attached hydrogen (secondary N) is 1. The van der Waals surface area contributed by atoms with E-state index in [1.54, 1.807) is 0 Å². The average molecular weight is 589 g/mol. The smallest absolute Gasteiger partial charge is 0.263 e. The topological polar surface area (TPSA) is 111 Å². The Bertz CT molecular complexity index is 1580. The number of carbonyl (C=O) groups excluding carboxylic acids is 1. The number of carbonyl (C=O) groups is 1. The lowest BCUT2D eigenvalue weighted by Gasteiger charge is -2.26. The number of morpholine rings is 1. The van der Waals surface area contributed by atoms with Crippen molar-refractivity contribution in [3.63, 3.8) is 0 Å². The fourth-order valence-corrected chi connectivity index (χ4v) is 6.50. The summed E-state index contributed by atoms with van der Waals surface area (Å²) in [5, 5.41) is 5.07. The molecule has 2 aromatic carbocycles. The van der Waals surface area contributed by atoms with E-state index >= 15 is 0 Å². The largest absolute Gasteiger partial charge is 0.379 e. The van der Waals surface area contributed by atoms with E-state index in [0.717, 1.165) is 15.6 Å². The number of aromatic nitrogens is 2. The first-order valence-electron chi connectivity index (χ1n) is 11.0. The number of fused-ring (bicyclic) bond motifs is 1. The molecule has 1 aliphatic heterocycles. The maximum absolute atomic E-state index is 13.2. The van der Waals surface area contributed by atoms with Gasteiger partial charge in [-0.05, 0) is 42.0 Å². The van der Waals surface area contributed by atoms with Crippen LogP contribution in [0.2, 0.25) is 0 Å². The van der Waals surface area contributed by atoms with Gasteiger partial charge in [0.05, 0.1) is 29.8 Å². The zero-order valence-electron chi connectivity index (χ0n) is 18.9. The normalized spacial score (nSPS) is 14.7. The monoisotopic (exact) mass is 588 g/mol. The molecular weight excluding hydrogens is 568 g/mol. The van der Waals surface area contributed by atoms with Gasteiger partial charge in [0.1, 0.15) is 11.4 Å². The number of rotatable bonds is 6. The summed E-state index contributed by atoms with van der Waals surface area (Å²) in [5.74, 6) is -0.428. The molecule has 1 saturated heterocycles. The molecule has 0 saturated carbocycles. The van der Waals surface area contributed by atoms with Crippen molar-refractivity contribution in [2.24, 2.45) is 0 Å². The summed E-state index contributed by atoms with van der Waals surface area (Å²) >= 11 is 4.79. The standard InChI is InChI=1S/C24H21BrN4O5S2/c25-17-3-1-16(2-4-17)20-14-35-23-22(20)24(31)28(15-26-23)13-21(30)27-18-5-7-19(8-6-18)36(32,33)29-9-11-34-12-10-29/h1-8,14-15H,9-13H2,(H,27,30). The van der Waals surface area contributed by atoms with Crippen LogP contribution in [0.1, 0.15) is 0 Å². The number of ether oxygens (including phenoxy) is 1. The van der Waals surface area contributed by atoms with E-state index in [-0.39, 0.29) is 17.0 Å². The lowest BCUT2D eigenvalue weighted by Crippen LogP contribution is -2.40. The molecule has 0 aliphatic carbocycles. The third kappa shape index (κ3) is 5.00. The van der Waals surface area contributed by atoms with Gasteiger partial charge in [0.25, 0.3) is 5.56 Å². The number of benzene rings is 2. The number of amides is 1. The zero-order valence-corrected chi connectivity index (χ0v) is 22.1. The average Bonchev–Trinajstić information content (AvgIpc) is 3.32. The van der Waals surface area contributed by atoms with Gasteiger partial charge in [0.2, 0.25) is 15.9 Å². The Balaban J connectivity index is 1.32. The predicted molar refractivity (Wildman–Crippen MR) is 142 cm³/mol. The summed E-state index contributed by atoms with van der Waals surface area (Å²) in [5.41, 5.74) is 1.78. The molecule has 0 spiro atoms. The third-order valence-corrected chi connectivity index (χ3v) is 9.10. The first kappa shape index (κ1) is 24.8. The number of thiophene rings is 1. The van der Waals surface area contributed by atoms with Crippen LogP contribution in [0.4, 0.5) is 5.69 Å². The van der Waals surface area contributed by atoms with Crippen molar-refractivity contribution in [1.29, 1.82) is 0 Å². The van der Waals surface area contributed by atoms with Crippen LogP contribution >= 0.6 is 27.3 Å². The molecule has 1 fully saturated rings. The molecule has 0 atom stereocenters. The van der Waals surface area contributed by atoms with E-state index in [9.17, 15) is 18.0 Å². The molecule has 3 heterocycles. The van der Waals surface area contributed by atoms with Crippen molar-refractivity contribution < 1.29 is 17.9 Å². The zero-order chi connectivity index (χ0) is 25.3. The molecule has 5 rings (SSSR count). The minimum absolute atomic E-state index is 0.145. The van der Waals surface area contributed by atoms with Gasteiger partial charge < -0.3 is 10.1 Å². The number of hydrogen-bond donors (Lipinski definition) is 1. The minimum atomic E-state index is -3.62. The van der Waals surface area contributed by atoms with Crippen molar-refractivity contribution >= 4 is 59.1 Å². The molecule has 0 bridgehead atoms. The van der Waals surface area contributed by atoms with Crippen molar-refractivity contribution in [2.45, 2.75) is 11.4 Å². The Morgan fingerprint density at radius 1 is 1.08 bits per heavy atom. The second kappa shape index (κ2) is 10.2. The molecule has 1 aliphatic rings. The van der Waals surface area contributed by atoms with E-state index < -0.39 is 15.9 Å². The van der Waals surface area contributed by atoms with Crippen molar-refractivity contribution in [1.82, 2.24) is 13.9 Å². The van der Waals surface area contributed by atoms with Crippen LogP contribution in [0.15, 0.2) is 74.4 Å². The molecule has 36 heavy (non-hydrogen) atoms. The van der Waals surface area contributed by atoms with Gasteiger partial charge in [-0.2, -0.15) is 4.31 Å². The van der Waals surface area contributed by atoms with Crippen LogP contribution in [0.5, 0.6) is 0 Å². The Morgan fingerprint density at radius 2 is 1.78 bits per heavy atom. The summed E-state index contributed by atoms with van der Waals surface area (Å²) < 4.78 is 34.3. The lowest BCUT2D eigenvalue weighted by molar-refractivity contribution is -0.116. The van der Waals surface area contributed by atoms with E-state index in [0.29, 0.717) is 42.2 Å². The van der Waals surface area contributed by atoms with Crippen molar-refractivity contribution in [3.8, 4) is 11.1 Å². The van der Waals surface area contributed by atoms with Crippen LogP contribution in [-0.2, 0) is 26.1 Å². The number of halogens is 1. The van der Waals surface area contributed by atoms with Gasteiger partial charge >= 0.3 is 0 Å². The molecule has 0 radical (unpaired) electrons. The molecule has 0 unspecified atom stereocenters. The SMILES string of the molecule is O=C(Cn1cnc2scc(-c3ccc(Br)cc3)c2c1=O)Nc1ccc(S(=O)(=O)N2CCOCC2)cc1. The second-order valence-electron chi connectivity index (χ2n) is 8.10. The molecule has 12 heteroatoms. The number of sulfonamides is 1. The fraction of sp³-hybridized carbons (Fsp3) is 0.208. The summed E-state index contributed by atoms with van der Waals surface area (Å²) in [4.78, 5) is 31.0. The molecular formula is C24H21BrN4O5S2. The Kier molecular flexibility index (Phi) is 7.04. The summed E-state index contributed by atoms with van der Waals surface area (Å²) in [6.45, 7) is 1.11. The van der Waals surface area contributed by atoms with E-state index in [1.807, 2.05) is 29.6 Å². The minimum Gasteiger partial charge on any atom is -0.379 e. The van der Waals surface area contributed by atoms with Gasteiger partial charge in [0, 0.05) is 34.2 Å². The third-order valence-electron chi connectivity index (χ3n) is 5.78. The van der Waals surface area contributed by atoms with Crippen molar-refractivity contribution in [3.05, 3.63) is 75.1 Å². The molecule has 1 amide bonds. The number of anilines is 1. The van der Waals surface area contributed by atoms with Crippen LogP contribution in [0.25, 0.3) is 21.3 Å². The molecule has 1 N–H and O–H groups in total. The molecule has 9 nitrogen and oxygen atoms in total. The first-order chi connectivity index (χ1) is 17.3. The lowest BCUT2D eigenvalue weighted by atomic mass is 10.1. The Labute approximate surface area is 219 Å². The number of hydrogen-bond acceptors (Lipinski definition) is 7. The Morgan fingerprint density at radius 3 is 2.47 bits per heavy atom. The van der Waals surface area contributed by atoms with Crippen LogP contribution < -0.4 is 10.9 Å². The predicted octanol–water partition coefficient (Wildman–Crippen LogP) is 3.55. The second-order valence-corrected chi connectivity index (χ2v) is 11.8. The van der Waals surface area contributed by atoms with E-state index in [4.69, 9.17) is 4.74 Å². The maximum atomic E-state index is 13.2. The van der Waals surface area contributed by atoms with Gasteiger partial charge in [-0.25, -0.2) is 13.4 Å². The summed E-state index contributed by atoms with van der Waals surface area (Å²) in [6.07, 6.45) is 1.37. The van der Waals surface area contributed by atoms with Gasteiger partial charge in [-0.3, -0.25) is 14.2 Å². The molecule has 2 aromatic heterocycles. The van der Waals surface area contributed by atoms with Crippen LogP contribution in [-0.4, -0.2) is 54.5 Å². The summed E-state index contributed by atoms with van der Waals surface area (Å²) in [6, 6.07) is 13.6. The highest BCUT2D eigenvalue weighted by Crippen LogP contribution is 2.31. The highest BCUT2D eigenvalue weighted by atomic mass is 79.9.